The number of methoxy groups -OCH3 is 4. The summed E-state index contributed by atoms with van der Waals surface area (Å²) in [7, 11) is 6.02. The fourth-order valence-corrected chi connectivity index (χ4v) is 31.1. The minimum atomic E-state index is -0.652. The molecule has 4 heterocycles. The van der Waals surface area contributed by atoms with Gasteiger partial charge in [0.1, 0.15) is 11.1 Å². The zero-order valence-corrected chi connectivity index (χ0v) is 67.4. The molecule has 8 aromatic rings. The Labute approximate surface area is 680 Å². The van der Waals surface area contributed by atoms with E-state index in [1.54, 1.807) is 34.9 Å². The zero-order valence-electron chi connectivity index (χ0n) is 67.4. The smallest absolute Gasteiger partial charge is 0.409 e. The third-order valence-electron chi connectivity index (χ3n) is 34.8. The molecule has 8 aromatic carbocycles. The zero-order chi connectivity index (χ0) is 78.0. The third-order valence-corrected chi connectivity index (χ3v) is 34.8. The number of ether oxygens (including phenoxy) is 4. The molecule has 16 atom stereocenters. The van der Waals surface area contributed by atoms with Crippen molar-refractivity contribution in [3.63, 3.8) is 0 Å². The summed E-state index contributed by atoms with van der Waals surface area (Å²) in [4.78, 5) is 62.1. The van der Waals surface area contributed by atoms with E-state index >= 15 is 0 Å². The molecule has 4 amide bonds. The molecule has 4 saturated carbocycles. The van der Waals surface area contributed by atoms with Crippen LogP contribution in [-0.4, -0.2) is 123 Å². The monoisotopic (exact) mass is 1540 g/mol. The van der Waals surface area contributed by atoms with Gasteiger partial charge in [-0.2, -0.15) is 20.5 Å². The molecule has 0 spiro atoms. The van der Waals surface area contributed by atoms with E-state index in [0.717, 1.165) is 113 Å². The van der Waals surface area contributed by atoms with Crippen LogP contribution >= 0.6 is 0 Å². The standard InChI is InChI=1S/C50H52N6O4.C50H52N2O4/c1-59-45(57)55-25-23-48(40-18-8-20-42(36(40)30-43(48)55)52-54-50-24-26-56(46(58)60-2)44(50)28-32-12-4-6-16-38(32)50)47-21-9-13-33(47)29-35-39(47)17-7-19-41(35)51-53-49-22-10-14-34(49)27-31-11-3-5-15-37(31)49;1-55-45(53)51-25-23-48(38-16-6-4-12-32(38)28-43(48)51)40-18-8-20-42-36(40)30-44-50(42,24-26-52(44)46(54)56-2)49-22-10-14-34(49)29-35-39(17-7-19-41(35)49)47-21-9-13-33(47)27-31-11-3-5-15-37(31)47/h3-8,11-12,15-20,33-34,43-44H,9-10,13-14,21-30H2,1-2H3;3-8,11-12,15-20,33-34,43-44H,9-10,13-14,21-30H2,1-2H3/t33-,34?,43+,44?,47+,48+,49+,50-;33?,34-,43?,44+,47+,48+,49+,50+/m00/s1. The van der Waals surface area contributed by atoms with Gasteiger partial charge in [-0.3, -0.25) is 0 Å². The van der Waals surface area contributed by atoms with Crippen LogP contribution in [0.5, 0.6) is 0 Å². The second-order valence-electron chi connectivity index (χ2n) is 37.7. The van der Waals surface area contributed by atoms with Crippen LogP contribution < -0.4 is 0 Å². The number of carbonyl (C=O) groups is 4. The first-order chi connectivity index (χ1) is 56.8. The van der Waals surface area contributed by atoms with Gasteiger partial charge in [-0.05, 0) is 264 Å². The summed E-state index contributed by atoms with van der Waals surface area (Å²) in [6.07, 6.45) is 24.1. The molecule has 16 aliphatic rings. The maximum Gasteiger partial charge on any atom is 0.409 e. The van der Waals surface area contributed by atoms with Gasteiger partial charge in [-0.25, -0.2) is 19.2 Å². The van der Waals surface area contributed by atoms with Crippen molar-refractivity contribution in [2.75, 3.05) is 54.6 Å². The first-order valence-corrected chi connectivity index (χ1v) is 43.9. The van der Waals surface area contributed by atoms with Gasteiger partial charge in [-0.15, -0.1) is 0 Å². The highest BCUT2D eigenvalue weighted by molar-refractivity contribution is 5.76. The Morgan fingerprint density at radius 3 is 1.28 bits per heavy atom. The van der Waals surface area contributed by atoms with E-state index < -0.39 is 5.54 Å². The summed E-state index contributed by atoms with van der Waals surface area (Å²) in [5.41, 5.74) is 25.3. The molecular weight excluding hydrogens is 1440 g/mol. The van der Waals surface area contributed by atoms with Crippen molar-refractivity contribution in [2.24, 2.45) is 44.1 Å². The fraction of sp³-hybridized carbons (Fsp3) is 0.480. The van der Waals surface area contributed by atoms with Gasteiger partial charge < -0.3 is 38.5 Å². The number of carbonyl (C=O) groups excluding carboxylic acids is 4. The first-order valence-electron chi connectivity index (χ1n) is 43.9. The Balaban J connectivity index is 0.000000137. The van der Waals surface area contributed by atoms with Crippen molar-refractivity contribution < 1.29 is 38.1 Å². The SMILES string of the molecule is COC(=O)N1CC[C@]2(N=Nc3cccc4c3C[C@H]3N(C(=O)OC)CC[C@@]43[C@]34CCC[C@H]3Cc3c(N=N[C@]56CCCC5Cc5ccccc56)cccc34)c3ccccc3CC12.COC(=O)N1CC[C@]2(c3cccc4c3C[C@H]3N(C(=O)OC)CC[C@@]43[C@]34CCC[C@H]3Cc3c([C@]56CCCC5Cc5ccccc56)cccc34)c3ccccc3CC12. The summed E-state index contributed by atoms with van der Waals surface area (Å²) in [5.74, 6) is 2.13. The average Bonchev–Trinajstić information content (AvgIpc) is 1.49. The van der Waals surface area contributed by atoms with Crippen molar-refractivity contribution in [3.05, 3.63) is 270 Å². The maximum atomic E-state index is 14.0. The van der Waals surface area contributed by atoms with Crippen LogP contribution in [0.1, 0.15) is 203 Å². The molecule has 4 aliphatic heterocycles. The third kappa shape index (κ3) is 8.91. The van der Waals surface area contributed by atoms with Gasteiger partial charge in [0, 0.05) is 70.8 Å². The second kappa shape index (κ2) is 25.8. The summed E-state index contributed by atoms with van der Waals surface area (Å²) in [6.45, 7) is 2.61. The normalized spacial score (nSPS) is 34.4. The Kier molecular flexibility index (Phi) is 15.9. The van der Waals surface area contributed by atoms with E-state index in [1.807, 2.05) is 14.7 Å². The summed E-state index contributed by atoms with van der Waals surface area (Å²) < 4.78 is 21.8. The van der Waals surface area contributed by atoms with Gasteiger partial charge in [0.2, 0.25) is 0 Å². The molecule has 12 aliphatic carbocycles. The van der Waals surface area contributed by atoms with Gasteiger partial charge in [0.15, 0.2) is 0 Å². The minimum absolute atomic E-state index is 0.00740. The van der Waals surface area contributed by atoms with Gasteiger partial charge >= 0.3 is 24.4 Å². The Bertz CT molecular complexity index is 5560. The van der Waals surface area contributed by atoms with Crippen LogP contribution in [0, 0.1) is 23.7 Å². The van der Waals surface area contributed by atoms with Crippen LogP contribution in [0.3, 0.4) is 0 Å². The van der Waals surface area contributed by atoms with E-state index in [-0.39, 0.29) is 86.6 Å². The van der Waals surface area contributed by atoms with Crippen LogP contribution in [0.25, 0.3) is 0 Å². The molecule has 0 aromatic heterocycles. The molecule has 592 valence electrons. The van der Waals surface area contributed by atoms with Crippen LogP contribution in [0.2, 0.25) is 0 Å². The number of hydrogen-bond acceptors (Lipinski definition) is 12. The molecule has 4 unspecified atom stereocenters. The molecule has 116 heavy (non-hydrogen) atoms. The summed E-state index contributed by atoms with van der Waals surface area (Å²) in [5, 5.41) is 21.2. The quantitative estimate of drug-likeness (QED) is 0.107. The predicted octanol–water partition coefficient (Wildman–Crippen LogP) is 19.3. The van der Waals surface area contributed by atoms with Gasteiger partial charge in [0.25, 0.3) is 0 Å². The van der Waals surface area contributed by atoms with Crippen molar-refractivity contribution in [3.8, 4) is 0 Å². The number of fused-ring (bicyclic) bond motifs is 26. The highest BCUT2D eigenvalue weighted by atomic mass is 16.6. The Morgan fingerprint density at radius 2 is 0.664 bits per heavy atom. The van der Waals surface area contributed by atoms with E-state index in [0.29, 0.717) is 56.1 Å². The van der Waals surface area contributed by atoms with Crippen molar-refractivity contribution in [1.82, 2.24) is 19.6 Å². The number of azo groups is 2. The first kappa shape index (κ1) is 71.4. The molecule has 0 bridgehead atoms. The molecule has 0 radical (unpaired) electrons. The van der Waals surface area contributed by atoms with Crippen LogP contribution in [0.15, 0.2) is 190 Å². The number of benzene rings is 8. The lowest BCUT2D eigenvalue weighted by Crippen LogP contribution is -2.55. The maximum absolute atomic E-state index is 14.0. The van der Waals surface area contributed by atoms with Crippen molar-refractivity contribution >= 4 is 35.7 Å². The highest BCUT2D eigenvalue weighted by Crippen LogP contribution is 2.74. The largest absolute Gasteiger partial charge is 0.453 e. The number of nitrogens with zero attached hydrogens (tertiary/aromatic N) is 8. The number of hydrogen-bond donors (Lipinski definition) is 0. The Hall–Kier alpha value is -9.96. The van der Waals surface area contributed by atoms with E-state index in [9.17, 15) is 19.2 Å². The minimum Gasteiger partial charge on any atom is -0.453 e. The average molecular weight is 1550 g/mol. The number of amides is 4. The van der Waals surface area contributed by atoms with E-state index in [1.165, 1.54) is 139 Å². The Morgan fingerprint density at radius 1 is 0.293 bits per heavy atom. The number of likely N-dealkylation sites (tertiary alicyclic amines) is 4. The molecule has 16 nitrogen and oxygen atoms in total. The van der Waals surface area contributed by atoms with Crippen LogP contribution in [-0.2, 0) is 114 Å². The van der Waals surface area contributed by atoms with Crippen molar-refractivity contribution in [2.45, 2.75) is 222 Å². The molecular formula is C100H104N8O8. The molecule has 4 saturated heterocycles. The lowest BCUT2D eigenvalue weighted by atomic mass is 9.53. The number of rotatable bonds is 8. The summed E-state index contributed by atoms with van der Waals surface area (Å²) >= 11 is 0. The highest BCUT2D eigenvalue weighted by Gasteiger charge is 2.74. The molecule has 8 fully saturated rings. The summed E-state index contributed by atoms with van der Waals surface area (Å²) in [6, 6.07) is 63.4. The topological polar surface area (TPSA) is 168 Å². The van der Waals surface area contributed by atoms with Gasteiger partial charge in [0.05, 0.1) is 51.9 Å². The van der Waals surface area contributed by atoms with Crippen molar-refractivity contribution in [1.29, 1.82) is 0 Å². The van der Waals surface area contributed by atoms with E-state index in [2.05, 4.69) is 175 Å². The second-order valence-corrected chi connectivity index (χ2v) is 37.7. The molecule has 0 N–H and O–H groups in total. The molecule has 16 heteroatoms. The van der Waals surface area contributed by atoms with Gasteiger partial charge in [-0.1, -0.05) is 183 Å². The lowest BCUT2D eigenvalue weighted by molar-refractivity contribution is 0.0918. The molecule has 24 rings (SSSR count). The van der Waals surface area contributed by atoms with E-state index in [4.69, 9.17) is 39.4 Å². The fourth-order valence-electron chi connectivity index (χ4n) is 31.1. The lowest BCUT2D eigenvalue weighted by Gasteiger charge is -2.50. The van der Waals surface area contributed by atoms with Crippen LogP contribution in [0.4, 0.5) is 30.6 Å². The predicted molar refractivity (Wildman–Crippen MR) is 441 cm³/mol.